The lowest BCUT2D eigenvalue weighted by Crippen LogP contribution is -2.33. The van der Waals surface area contributed by atoms with Crippen molar-refractivity contribution in [1.82, 2.24) is 5.32 Å². The van der Waals surface area contributed by atoms with E-state index in [0.717, 1.165) is 12.1 Å². The van der Waals surface area contributed by atoms with Gasteiger partial charge < -0.3 is 20.1 Å². The molecule has 0 atom stereocenters. The van der Waals surface area contributed by atoms with Crippen molar-refractivity contribution in [1.29, 1.82) is 0 Å². The Labute approximate surface area is 115 Å². The number of carbonyl (C=O) groups is 1. The molecule has 0 spiro atoms. The quantitative estimate of drug-likeness (QED) is 0.256. The summed E-state index contributed by atoms with van der Waals surface area (Å²) in [6.45, 7) is 2.80. The van der Waals surface area contributed by atoms with Crippen molar-refractivity contribution >= 4 is 24.2 Å². The lowest BCUT2D eigenvalue weighted by atomic mass is 9.79. The molecule has 0 saturated heterocycles. The molecule has 0 fully saturated rings. The van der Waals surface area contributed by atoms with Gasteiger partial charge in [0.25, 0.3) is 11.6 Å². The minimum absolute atomic E-state index is 0.00515. The fourth-order valence-corrected chi connectivity index (χ4v) is 1.53. The largest absolute Gasteiger partial charge is 0.488 e. The molecule has 0 radical (unpaired) electrons. The summed E-state index contributed by atoms with van der Waals surface area (Å²) < 4.78 is 5.03. The summed E-state index contributed by atoms with van der Waals surface area (Å²) in [7, 11) is -1.80. The highest BCUT2D eigenvalue weighted by atomic mass is 16.6. The zero-order chi connectivity index (χ0) is 15.1. The topological polar surface area (TPSA) is 122 Å². The van der Waals surface area contributed by atoms with Crippen LogP contribution in [0.25, 0.3) is 0 Å². The lowest BCUT2D eigenvalue weighted by Gasteiger charge is -2.07. The van der Waals surface area contributed by atoms with E-state index in [2.05, 4.69) is 5.32 Å². The maximum Gasteiger partial charge on any atom is 0.488 e. The molecule has 3 N–H and O–H groups in total. The molecule has 0 aliphatic heterocycles. The Morgan fingerprint density at radius 2 is 2.20 bits per heavy atom. The third-order valence-electron chi connectivity index (χ3n) is 2.50. The number of nitrogens with one attached hydrogen (secondary N) is 1. The van der Waals surface area contributed by atoms with E-state index in [4.69, 9.17) is 14.8 Å². The zero-order valence-corrected chi connectivity index (χ0v) is 10.9. The van der Waals surface area contributed by atoms with Crippen LogP contribution < -0.4 is 10.8 Å². The first-order valence-corrected chi connectivity index (χ1v) is 5.97. The number of nitro groups is 1. The fourth-order valence-electron chi connectivity index (χ4n) is 1.53. The van der Waals surface area contributed by atoms with E-state index in [1.807, 2.05) is 0 Å². The fraction of sp³-hybridized carbons (Fsp3) is 0.364. The molecule has 0 aromatic heterocycles. The first-order valence-electron chi connectivity index (χ1n) is 5.97. The van der Waals surface area contributed by atoms with Gasteiger partial charge in [-0.15, -0.1) is 0 Å². The van der Waals surface area contributed by atoms with Crippen molar-refractivity contribution in [2.75, 3.05) is 19.8 Å². The van der Waals surface area contributed by atoms with Crippen LogP contribution >= 0.6 is 0 Å². The summed E-state index contributed by atoms with van der Waals surface area (Å²) in [5.74, 6) is -0.668. The van der Waals surface area contributed by atoms with Gasteiger partial charge in [-0.3, -0.25) is 14.9 Å². The second kappa shape index (κ2) is 7.58. The average Bonchev–Trinajstić information content (AvgIpc) is 2.42. The molecular weight excluding hydrogens is 267 g/mol. The number of ether oxygens (including phenoxy) is 1. The van der Waals surface area contributed by atoms with E-state index in [1.165, 1.54) is 6.07 Å². The van der Waals surface area contributed by atoms with E-state index in [1.54, 1.807) is 6.92 Å². The number of nitro benzene ring substituents is 1. The summed E-state index contributed by atoms with van der Waals surface area (Å²) in [5.41, 5.74) is -0.619. The minimum atomic E-state index is -1.80. The Balaban J connectivity index is 2.91. The highest BCUT2D eigenvalue weighted by molar-refractivity contribution is 6.58. The molecule has 0 unspecified atom stereocenters. The summed E-state index contributed by atoms with van der Waals surface area (Å²) in [6, 6.07) is 3.32. The number of carbonyl (C=O) groups excluding carboxylic acids is 1. The molecule has 1 aromatic rings. The first-order chi connectivity index (χ1) is 9.47. The Morgan fingerprint density at radius 3 is 2.75 bits per heavy atom. The van der Waals surface area contributed by atoms with E-state index >= 15 is 0 Å². The molecule has 20 heavy (non-hydrogen) atoms. The van der Waals surface area contributed by atoms with Crippen LogP contribution in [-0.2, 0) is 4.74 Å². The van der Waals surface area contributed by atoms with Gasteiger partial charge >= 0.3 is 7.12 Å². The monoisotopic (exact) mass is 282 g/mol. The molecule has 8 nitrogen and oxygen atoms in total. The van der Waals surface area contributed by atoms with Crippen molar-refractivity contribution in [3.63, 3.8) is 0 Å². The van der Waals surface area contributed by atoms with Crippen LogP contribution in [0.15, 0.2) is 18.2 Å². The van der Waals surface area contributed by atoms with Crippen LogP contribution in [0, 0.1) is 10.1 Å². The summed E-state index contributed by atoms with van der Waals surface area (Å²) in [4.78, 5) is 22.0. The molecule has 9 heteroatoms. The molecule has 0 heterocycles. The second-order valence-corrected chi connectivity index (χ2v) is 3.86. The molecule has 108 valence electrons. The van der Waals surface area contributed by atoms with E-state index in [0.29, 0.717) is 13.2 Å². The van der Waals surface area contributed by atoms with Crippen LogP contribution in [0.5, 0.6) is 0 Å². The van der Waals surface area contributed by atoms with Gasteiger partial charge in [0.05, 0.1) is 11.5 Å². The second-order valence-electron chi connectivity index (χ2n) is 3.86. The van der Waals surface area contributed by atoms with Crippen LogP contribution in [-0.4, -0.2) is 47.8 Å². The molecular formula is C11H15BN2O6. The van der Waals surface area contributed by atoms with Gasteiger partial charge in [0, 0.05) is 19.2 Å². The third-order valence-corrected chi connectivity index (χ3v) is 2.50. The van der Waals surface area contributed by atoms with Gasteiger partial charge in [0.1, 0.15) is 5.56 Å². The SMILES string of the molecule is CCOCCNC(=O)c1cc(B(O)O)ccc1[N+](=O)[O-]. The molecule has 1 aromatic carbocycles. The van der Waals surface area contributed by atoms with Crippen molar-refractivity contribution in [2.45, 2.75) is 6.92 Å². The van der Waals surface area contributed by atoms with Gasteiger partial charge in [-0.2, -0.15) is 0 Å². The van der Waals surface area contributed by atoms with Gasteiger partial charge in [0.15, 0.2) is 0 Å². The predicted octanol–water partition coefficient (Wildman–Crippen LogP) is -0.959. The Hall–Kier alpha value is -1.97. The maximum atomic E-state index is 11.9. The van der Waals surface area contributed by atoms with Crippen LogP contribution in [0.3, 0.4) is 0 Å². The summed E-state index contributed by atoms with van der Waals surface area (Å²) >= 11 is 0. The smallest absolute Gasteiger partial charge is 0.423 e. The summed E-state index contributed by atoms with van der Waals surface area (Å²) in [5, 5.41) is 31.4. The zero-order valence-electron chi connectivity index (χ0n) is 10.9. The third kappa shape index (κ3) is 4.30. The Morgan fingerprint density at radius 1 is 1.50 bits per heavy atom. The van der Waals surface area contributed by atoms with Crippen molar-refractivity contribution in [3.05, 3.63) is 33.9 Å². The Bertz CT molecular complexity index is 494. The average molecular weight is 282 g/mol. The normalized spacial score (nSPS) is 10.2. The highest BCUT2D eigenvalue weighted by Gasteiger charge is 2.23. The van der Waals surface area contributed by atoms with E-state index in [9.17, 15) is 14.9 Å². The molecule has 0 aliphatic carbocycles. The van der Waals surface area contributed by atoms with Crippen LogP contribution in [0.1, 0.15) is 17.3 Å². The Kier molecular flexibility index (Phi) is 6.10. The van der Waals surface area contributed by atoms with Gasteiger partial charge in [-0.05, 0) is 18.5 Å². The standard InChI is InChI=1S/C11H15BN2O6/c1-2-20-6-5-13-11(15)9-7-8(12(16)17)3-4-10(9)14(18)19/h3-4,7,16-17H,2,5-6H2,1H3,(H,13,15). The molecule has 0 aliphatic rings. The van der Waals surface area contributed by atoms with Gasteiger partial charge in [0.2, 0.25) is 0 Å². The van der Waals surface area contributed by atoms with Crippen molar-refractivity contribution < 1.29 is 24.5 Å². The number of rotatable bonds is 7. The number of nitrogens with zero attached hydrogens (tertiary/aromatic N) is 1. The van der Waals surface area contributed by atoms with Crippen LogP contribution in [0.2, 0.25) is 0 Å². The number of hydrogen-bond acceptors (Lipinski definition) is 6. The first kappa shape index (κ1) is 16.1. The molecule has 1 rings (SSSR count). The van der Waals surface area contributed by atoms with E-state index in [-0.39, 0.29) is 17.6 Å². The maximum absolute atomic E-state index is 11.9. The van der Waals surface area contributed by atoms with Gasteiger partial charge in [-0.25, -0.2) is 0 Å². The lowest BCUT2D eigenvalue weighted by molar-refractivity contribution is -0.385. The van der Waals surface area contributed by atoms with Crippen molar-refractivity contribution in [3.8, 4) is 0 Å². The number of benzene rings is 1. The highest BCUT2D eigenvalue weighted by Crippen LogP contribution is 2.16. The number of amides is 1. The minimum Gasteiger partial charge on any atom is -0.423 e. The predicted molar refractivity (Wildman–Crippen MR) is 71.7 cm³/mol. The summed E-state index contributed by atoms with van der Waals surface area (Å²) in [6.07, 6.45) is 0. The molecule has 0 saturated carbocycles. The van der Waals surface area contributed by atoms with Gasteiger partial charge in [-0.1, -0.05) is 6.07 Å². The number of hydrogen-bond donors (Lipinski definition) is 3. The van der Waals surface area contributed by atoms with Crippen molar-refractivity contribution in [2.24, 2.45) is 0 Å². The van der Waals surface area contributed by atoms with E-state index < -0.39 is 23.6 Å². The molecule has 0 bridgehead atoms. The molecule has 1 amide bonds. The van der Waals surface area contributed by atoms with Crippen LogP contribution in [0.4, 0.5) is 5.69 Å².